The number of benzene rings is 1. The van der Waals surface area contributed by atoms with E-state index < -0.39 is 5.97 Å². The van der Waals surface area contributed by atoms with E-state index >= 15 is 0 Å². The first-order valence-electron chi connectivity index (χ1n) is 9.76. The minimum Gasteiger partial charge on any atom is -0.466 e. The molecule has 2 saturated heterocycles. The van der Waals surface area contributed by atoms with E-state index in [1.807, 2.05) is 6.92 Å². The van der Waals surface area contributed by atoms with E-state index in [0.29, 0.717) is 5.17 Å². The molecule has 1 aromatic carbocycles. The summed E-state index contributed by atoms with van der Waals surface area (Å²) < 4.78 is 4.54. The van der Waals surface area contributed by atoms with E-state index in [4.69, 9.17) is 0 Å². The van der Waals surface area contributed by atoms with E-state index in [0.717, 1.165) is 61.7 Å². The number of rotatable bonds is 5. The molecule has 0 saturated carbocycles. The van der Waals surface area contributed by atoms with Crippen molar-refractivity contribution in [1.29, 1.82) is 0 Å². The molecule has 1 aromatic rings. The molecule has 30 heavy (non-hydrogen) atoms. The molecule has 0 aliphatic carbocycles. The minimum atomic E-state index is -0.583. The number of thioether (sulfide) groups is 1. The molecule has 3 rings (SSSR count). The van der Waals surface area contributed by atoms with Gasteiger partial charge in [0.2, 0.25) is 0 Å². The third-order valence-corrected chi connectivity index (χ3v) is 6.06. The third-order valence-electron chi connectivity index (χ3n) is 5.16. The number of hydrogen-bond acceptors (Lipinski definition) is 8. The minimum absolute atomic E-state index is 0.233. The normalized spacial score (nSPS) is 21.0. The summed E-state index contributed by atoms with van der Waals surface area (Å²) in [6.45, 7) is 9.42. The standard InChI is InChI=1S/C21H27N5O3S/c1-14-9-15(2)17(13-26-7-5-25(3)6-8-26)10-16(14)12-22-24-21-23-20(28)18(30-21)11-19(27)29-4/h9-12H,5-8,13H2,1-4H3,(H,23,24,28)/b18-11+,22-12?. The smallest absolute Gasteiger partial charge is 0.331 e. The Morgan fingerprint density at radius 1 is 1.23 bits per heavy atom. The molecule has 160 valence electrons. The first kappa shape index (κ1) is 22.2. The number of nitrogens with zero attached hydrogens (tertiary/aromatic N) is 4. The van der Waals surface area contributed by atoms with Crippen molar-refractivity contribution in [2.45, 2.75) is 20.4 Å². The van der Waals surface area contributed by atoms with Crippen molar-refractivity contribution in [2.75, 3.05) is 40.3 Å². The Morgan fingerprint density at radius 3 is 2.67 bits per heavy atom. The number of amidine groups is 1. The number of ether oxygens (including phenoxy) is 1. The van der Waals surface area contributed by atoms with Crippen LogP contribution in [0.25, 0.3) is 0 Å². The van der Waals surface area contributed by atoms with Crippen molar-refractivity contribution >= 4 is 35.0 Å². The Hall–Kier alpha value is -2.49. The molecule has 2 heterocycles. The summed E-state index contributed by atoms with van der Waals surface area (Å²) in [4.78, 5) is 28.2. The summed E-state index contributed by atoms with van der Waals surface area (Å²) in [5, 5.41) is 11.1. The van der Waals surface area contributed by atoms with Crippen LogP contribution in [0.4, 0.5) is 0 Å². The molecule has 0 atom stereocenters. The highest BCUT2D eigenvalue weighted by molar-refractivity contribution is 8.18. The SMILES string of the molecule is COC(=O)/C=C1/S/C(=N\N=Cc2cc(CN3CCN(C)CC3)c(C)cc2C)NC1=O. The first-order chi connectivity index (χ1) is 14.4. The lowest BCUT2D eigenvalue weighted by atomic mass is 10.00. The van der Waals surface area contributed by atoms with Gasteiger partial charge in [-0.25, -0.2) is 4.79 Å². The Kier molecular flexibility index (Phi) is 7.41. The Labute approximate surface area is 181 Å². The van der Waals surface area contributed by atoms with Crippen LogP contribution >= 0.6 is 11.8 Å². The van der Waals surface area contributed by atoms with Gasteiger partial charge < -0.3 is 9.64 Å². The molecule has 9 heteroatoms. The predicted octanol–water partition coefficient (Wildman–Crippen LogP) is 1.66. The van der Waals surface area contributed by atoms with Gasteiger partial charge in [0.1, 0.15) is 0 Å². The van der Waals surface area contributed by atoms with Gasteiger partial charge in [0.15, 0.2) is 5.17 Å². The van der Waals surface area contributed by atoms with Crippen LogP contribution in [0, 0.1) is 13.8 Å². The van der Waals surface area contributed by atoms with Crippen molar-refractivity contribution in [3.8, 4) is 0 Å². The molecule has 0 radical (unpaired) electrons. The van der Waals surface area contributed by atoms with Crippen molar-refractivity contribution in [2.24, 2.45) is 10.2 Å². The van der Waals surface area contributed by atoms with E-state index in [1.54, 1.807) is 6.21 Å². The zero-order chi connectivity index (χ0) is 21.7. The molecule has 8 nitrogen and oxygen atoms in total. The van der Waals surface area contributed by atoms with Gasteiger partial charge in [0.25, 0.3) is 5.91 Å². The van der Waals surface area contributed by atoms with Crippen molar-refractivity contribution in [3.05, 3.63) is 45.4 Å². The van der Waals surface area contributed by atoms with Gasteiger partial charge in [-0.1, -0.05) is 6.07 Å². The summed E-state index contributed by atoms with van der Waals surface area (Å²) in [5.74, 6) is -0.971. The molecule has 1 amide bonds. The summed E-state index contributed by atoms with van der Waals surface area (Å²) in [5.41, 5.74) is 4.67. The van der Waals surface area contributed by atoms with Gasteiger partial charge >= 0.3 is 5.97 Å². The van der Waals surface area contributed by atoms with Crippen LogP contribution in [0.3, 0.4) is 0 Å². The largest absolute Gasteiger partial charge is 0.466 e. The van der Waals surface area contributed by atoms with Gasteiger partial charge in [0, 0.05) is 38.8 Å². The molecular weight excluding hydrogens is 402 g/mol. The molecule has 1 N–H and O–H groups in total. The van der Waals surface area contributed by atoms with Crippen molar-refractivity contribution in [3.63, 3.8) is 0 Å². The second kappa shape index (κ2) is 10.0. The second-order valence-electron chi connectivity index (χ2n) is 7.45. The highest BCUT2D eigenvalue weighted by atomic mass is 32.2. The van der Waals surface area contributed by atoms with Gasteiger partial charge in [-0.05, 0) is 61.0 Å². The maximum Gasteiger partial charge on any atom is 0.331 e. The number of methoxy groups -OCH3 is 1. The first-order valence-corrected chi connectivity index (χ1v) is 10.6. The molecule has 0 unspecified atom stereocenters. The summed E-state index contributed by atoms with van der Waals surface area (Å²) in [7, 11) is 3.42. The predicted molar refractivity (Wildman–Crippen MR) is 120 cm³/mol. The van der Waals surface area contributed by atoms with Gasteiger partial charge in [-0.2, -0.15) is 5.10 Å². The summed E-state index contributed by atoms with van der Waals surface area (Å²) >= 11 is 1.06. The van der Waals surface area contributed by atoms with Crippen LogP contribution < -0.4 is 5.32 Å². The van der Waals surface area contributed by atoms with Crippen molar-refractivity contribution < 1.29 is 14.3 Å². The molecule has 2 fully saturated rings. The number of carbonyl (C=O) groups is 2. The molecule has 2 aliphatic rings. The van der Waals surface area contributed by atoms with Crippen LogP contribution in [-0.2, 0) is 20.9 Å². The highest BCUT2D eigenvalue weighted by Crippen LogP contribution is 2.23. The van der Waals surface area contributed by atoms with Gasteiger partial charge in [-0.3, -0.25) is 15.0 Å². The van der Waals surface area contributed by atoms with E-state index in [9.17, 15) is 9.59 Å². The van der Waals surface area contributed by atoms with Crippen LogP contribution in [0.5, 0.6) is 0 Å². The summed E-state index contributed by atoms with van der Waals surface area (Å²) in [6, 6.07) is 4.33. The monoisotopic (exact) mass is 429 g/mol. The maximum absolute atomic E-state index is 11.9. The second-order valence-corrected chi connectivity index (χ2v) is 8.48. The lowest BCUT2D eigenvalue weighted by molar-refractivity contribution is -0.135. The van der Waals surface area contributed by atoms with E-state index in [2.05, 4.69) is 56.2 Å². The molecule has 0 aromatic heterocycles. The van der Waals surface area contributed by atoms with Crippen LogP contribution in [0.15, 0.2) is 33.3 Å². The van der Waals surface area contributed by atoms with E-state index in [1.165, 1.54) is 18.2 Å². The number of aryl methyl sites for hydroxylation is 2. The lowest BCUT2D eigenvalue weighted by Crippen LogP contribution is -2.44. The summed E-state index contributed by atoms with van der Waals surface area (Å²) in [6.07, 6.45) is 2.84. The third kappa shape index (κ3) is 5.78. The number of hydrogen-bond donors (Lipinski definition) is 1. The Balaban J connectivity index is 1.69. The number of amides is 1. The fourth-order valence-electron chi connectivity index (χ4n) is 3.26. The number of esters is 1. The lowest BCUT2D eigenvalue weighted by Gasteiger charge is -2.32. The Bertz CT molecular complexity index is 917. The van der Waals surface area contributed by atoms with Gasteiger partial charge in [-0.15, -0.1) is 5.10 Å². The molecular formula is C21H27N5O3S. The van der Waals surface area contributed by atoms with Crippen LogP contribution in [-0.4, -0.2) is 73.4 Å². The zero-order valence-corrected chi connectivity index (χ0v) is 18.6. The highest BCUT2D eigenvalue weighted by Gasteiger charge is 2.25. The van der Waals surface area contributed by atoms with Crippen molar-refractivity contribution in [1.82, 2.24) is 15.1 Å². The van der Waals surface area contributed by atoms with E-state index in [-0.39, 0.29) is 10.8 Å². The molecule has 0 spiro atoms. The average molecular weight is 430 g/mol. The maximum atomic E-state index is 11.9. The number of carbonyl (C=O) groups excluding carboxylic acids is 2. The fraction of sp³-hybridized carbons (Fsp3) is 0.429. The molecule has 2 aliphatic heterocycles. The number of piperazine rings is 1. The van der Waals surface area contributed by atoms with Gasteiger partial charge in [0.05, 0.1) is 18.2 Å². The Morgan fingerprint density at radius 2 is 1.97 bits per heavy atom. The zero-order valence-electron chi connectivity index (χ0n) is 17.8. The quantitative estimate of drug-likeness (QED) is 0.332. The van der Waals surface area contributed by atoms with Crippen LogP contribution in [0.1, 0.15) is 22.3 Å². The number of likely N-dealkylation sites (N-methyl/N-ethyl adjacent to an activating group) is 1. The fourth-order valence-corrected chi connectivity index (χ4v) is 4.00. The average Bonchev–Trinajstić information content (AvgIpc) is 3.05. The van der Waals surface area contributed by atoms with Crippen LogP contribution in [0.2, 0.25) is 0 Å². The topological polar surface area (TPSA) is 86.6 Å². The molecule has 0 bridgehead atoms. The number of nitrogens with one attached hydrogen (secondary N) is 1.